The zero-order valence-corrected chi connectivity index (χ0v) is 10.3. The average molecular weight is 236 g/mol. The molecule has 1 N–H and O–H groups in total. The van der Waals surface area contributed by atoms with Gasteiger partial charge in [-0.3, -0.25) is 0 Å². The van der Waals surface area contributed by atoms with E-state index < -0.39 is 0 Å². The van der Waals surface area contributed by atoms with E-state index in [1.54, 1.807) is 0 Å². The summed E-state index contributed by atoms with van der Waals surface area (Å²) in [7, 11) is 0. The van der Waals surface area contributed by atoms with Crippen molar-refractivity contribution in [1.29, 1.82) is 0 Å². The normalized spacial score (nSPS) is 19.5. The van der Waals surface area contributed by atoms with E-state index in [-0.39, 0.29) is 6.10 Å². The Balaban J connectivity index is 1.76. The first kappa shape index (κ1) is 12.3. The fraction of sp³-hybridized carbons (Fsp3) is 0.615. The highest BCUT2D eigenvalue weighted by Crippen LogP contribution is 2.12. The maximum atomic E-state index is 5.72. The minimum absolute atomic E-state index is 0.257. The molecule has 0 saturated carbocycles. The number of nitrogens with one attached hydrogen (secondary N) is 1. The molecular formula is C13H20N2O2. The Kier molecular flexibility index (Phi) is 4.76. The van der Waals surface area contributed by atoms with Gasteiger partial charge in [-0.1, -0.05) is 13.0 Å². The Morgan fingerprint density at radius 1 is 1.53 bits per heavy atom. The predicted molar refractivity (Wildman–Crippen MR) is 67.0 cm³/mol. The van der Waals surface area contributed by atoms with E-state index in [1.807, 2.05) is 12.3 Å². The smallest absolute Gasteiger partial charge is 0.125 e. The first-order chi connectivity index (χ1) is 8.38. The Morgan fingerprint density at radius 3 is 3.12 bits per heavy atom. The van der Waals surface area contributed by atoms with Crippen LogP contribution < -0.4 is 5.32 Å². The van der Waals surface area contributed by atoms with Crippen molar-refractivity contribution in [3.63, 3.8) is 0 Å². The summed E-state index contributed by atoms with van der Waals surface area (Å²) < 4.78 is 11.0. The maximum absolute atomic E-state index is 5.72. The largest absolute Gasteiger partial charge is 0.379 e. The van der Waals surface area contributed by atoms with Gasteiger partial charge in [0.25, 0.3) is 0 Å². The first-order valence-corrected chi connectivity index (χ1v) is 6.26. The zero-order valence-electron chi connectivity index (χ0n) is 10.3. The lowest BCUT2D eigenvalue weighted by Crippen LogP contribution is -2.12. The summed E-state index contributed by atoms with van der Waals surface area (Å²) in [5, 5.41) is 3.25. The van der Waals surface area contributed by atoms with Gasteiger partial charge in [0.05, 0.1) is 19.3 Å². The Hall–Kier alpha value is -1.13. The molecule has 0 radical (unpaired) electrons. The summed E-state index contributed by atoms with van der Waals surface area (Å²) in [5.41, 5.74) is 1.11. The van der Waals surface area contributed by atoms with Crippen LogP contribution in [-0.2, 0) is 16.1 Å². The molecule has 1 unspecified atom stereocenters. The summed E-state index contributed by atoms with van der Waals surface area (Å²) in [4.78, 5) is 4.34. The van der Waals surface area contributed by atoms with E-state index in [1.165, 1.54) is 0 Å². The number of anilines is 1. The first-order valence-electron chi connectivity index (χ1n) is 6.26. The van der Waals surface area contributed by atoms with Crippen LogP contribution in [0.1, 0.15) is 25.3 Å². The van der Waals surface area contributed by atoms with Crippen molar-refractivity contribution in [1.82, 2.24) is 4.98 Å². The van der Waals surface area contributed by atoms with E-state index >= 15 is 0 Å². The fourth-order valence-electron chi connectivity index (χ4n) is 1.73. The molecule has 1 aliphatic rings. The van der Waals surface area contributed by atoms with Crippen LogP contribution in [0.5, 0.6) is 0 Å². The number of ether oxygens (including phenoxy) is 2. The van der Waals surface area contributed by atoms with Gasteiger partial charge in [0.2, 0.25) is 0 Å². The van der Waals surface area contributed by atoms with Crippen LogP contribution in [0, 0.1) is 0 Å². The van der Waals surface area contributed by atoms with Crippen molar-refractivity contribution in [2.75, 3.05) is 25.1 Å². The Morgan fingerprint density at radius 2 is 2.47 bits per heavy atom. The van der Waals surface area contributed by atoms with Crippen LogP contribution in [0.25, 0.3) is 0 Å². The lowest BCUT2D eigenvalue weighted by molar-refractivity contribution is 0.0316. The van der Waals surface area contributed by atoms with E-state index in [0.717, 1.165) is 44.0 Å². The Bertz CT molecular complexity index is 321. The summed E-state index contributed by atoms with van der Waals surface area (Å²) in [6, 6.07) is 4.06. The van der Waals surface area contributed by atoms with Crippen molar-refractivity contribution >= 4 is 5.82 Å². The molecule has 1 aromatic heterocycles. The fourth-order valence-corrected chi connectivity index (χ4v) is 1.73. The third-order valence-corrected chi connectivity index (χ3v) is 2.75. The third-order valence-electron chi connectivity index (χ3n) is 2.75. The Labute approximate surface area is 102 Å². The van der Waals surface area contributed by atoms with Gasteiger partial charge in [0, 0.05) is 19.3 Å². The van der Waals surface area contributed by atoms with Gasteiger partial charge in [-0.25, -0.2) is 4.98 Å². The van der Waals surface area contributed by atoms with Crippen molar-refractivity contribution in [3.8, 4) is 0 Å². The molecule has 2 rings (SSSR count). The summed E-state index contributed by atoms with van der Waals surface area (Å²) in [6.07, 6.45) is 4.24. The van der Waals surface area contributed by atoms with Gasteiger partial charge in [0.1, 0.15) is 5.82 Å². The highest BCUT2D eigenvalue weighted by atomic mass is 16.5. The molecule has 0 amide bonds. The monoisotopic (exact) mass is 236 g/mol. The van der Waals surface area contributed by atoms with Crippen molar-refractivity contribution in [2.24, 2.45) is 0 Å². The molecular weight excluding hydrogens is 216 g/mol. The zero-order chi connectivity index (χ0) is 11.9. The molecule has 1 aromatic rings. The lowest BCUT2D eigenvalue weighted by atomic mass is 10.3. The molecule has 94 valence electrons. The molecule has 0 aromatic carbocycles. The van der Waals surface area contributed by atoms with E-state index in [0.29, 0.717) is 6.61 Å². The molecule has 1 aliphatic heterocycles. The molecule has 2 heterocycles. The van der Waals surface area contributed by atoms with Gasteiger partial charge in [-0.2, -0.15) is 0 Å². The molecule has 1 saturated heterocycles. The van der Waals surface area contributed by atoms with Crippen LogP contribution in [0.4, 0.5) is 5.82 Å². The quantitative estimate of drug-likeness (QED) is 0.822. The highest BCUT2D eigenvalue weighted by Gasteiger charge is 2.15. The third kappa shape index (κ3) is 3.98. The van der Waals surface area contributed by atoms with Crippen LogP contribution in [0.3, 0.4) is 0 Å². The average Bonchev–Trinajstić information content (AvgIpc) is 2.88. The summed E-state index contributed by atoms with van der Waals surface area (Å²) >= 11 is 0. The molecule has 4 heteroatoms. The van der Waals surface area contributed by atoms with Crippen LogP contribution >= 0.6 is 0 Å². The van der Waals surface area contributed by atoms with Crippen LogP contribution in [-0.4, -0.2) is 30.8 Å². The number of hydrogen-bond donors (Lipinski definition) is 1. The van der Waals surface area contributed by atoms with Crippen molar-refractivity contribution in [3.05, 3.63) is 23.9 Å². The molecule has 0 spiro atoms. The minimum Gasteiger partial charge on any atom is -0.379 e. The summed E-state index contributed by atoms with van der Waals surface area (Å²) in [6.45, 7) is 5.27. The van der Waals surface area contributed by atoms with Gasteiger partial charge in [0.15, 0.2) is 0 Å². The van der Waals surface area contributed by atoms with Crippen LogP contribution in [0.2, 0.25) is 0 Å². The van der Waals surface area contributed by atoms with Gasteiger partial charge in [-0.05, 0) is 24.5 Å². The SMILES string of the molecule is CCCNc1ccc(COC2CCOC2)cn1. The molecule has 0 bridgehead atoms. The molecule has 0 aliphatic carbocycles. The van der Waals surface area contributed by atoms with E-state index in [9.17, 15) is 0 Å². The molecule has 1 atom stereocenters. The second kappa shape index (κ2) is 6.57. The van der Waals surface area contributed by atoms with Gasteiger partial charge < -0.3 is 14.8 Å². The second-order valence-corrected chi connectivity index (χ2v) is 4.28. The molecule has 17 heavy (non-hydrogen) atoms. The number of hydrogen-bond acceptors (Lipinski definition) is 4. The van der Waals surface area contributed by atoms with Crippen molar-refractivity contribution < 1.29 is 9.47 Å². The number of aromatic nitrogens is 1. The molecule has 4 nitrogen and oxygen atoms in total. The van der Waals surface area contributed by atoms with E-state index in [2.05, 4.69) is 23.3 Å². The van der Waals surface area contributed by atoms with Crippen molar-refractivity contribution in [2.45, 2.75) is 32.5 Å². The number of nitrogens with zero attached hydrogens (tertiary/aromatic N) is 1. The number of pyridine rings is 1. The van der Waals surface area contributed by atoms with Crippen LogP contribution in [0.15, 0.2) is 18.3 Å². The topological polar surface area (TPSA) is 43.4 Å². The van der Waals surface area contributed by atoms with Gasteiger partial charge >= 0.3 is 0 Å². The minimum atomic E-state index is 0.257. The van der Waals surface area contributed by atoms with Gasteiger partial charge in [-0.15, -0.1) is 0 Å². The number of rotatable bonds is 6. The summed E-state index contributed by atoms with van der Waals surface area (Å²) in [5.74, 6) is 0.930. The predicted octanol–water partition coefficient (Wildman–Crippen LogP) is 2.21. The molecule has 1 fully saturated rings. The highest BCUT2D eigenvalue weighted by molar-refractivity contribution is 5.35. The maximum Gasteiger partial charge on any atom is 0.125 e. The second-order valence-electron chi connectivity index (χ2n) is 4.28. The van der Waals surface area contributed by atoms with E-state index in [4.69, 9.17) is 9.47 Å². The lowest BCUT2D eigenvalue weighted by Gasteiger charge is -2.10. The standard InChI is InChI=1S/C13H20N2O2/c1-2-6-14-13-4-3-11(8-15-13)9-17-12-5-7-16-10-12/h3-4,8,12H,2,5-7,9-10H2,1H3,(H,14,15).